The zero-order chi connectivity index (χ0) is 13.1. The molecule has 18 heavy (non-hydrogen) atoms. The molecule has 0 aromatic heterocycles. The molecule has 0 aliphatic heterocycles. The summed E-state index contributed by atoms with van der Waals surface area (Å²) in [5.74, 6) is -0.329. The third-order valence-corrected chi connectivity index (χ3v) is 3.60. The molecular formula is C13H7Br2FN2. The van der Waals surface area contributed by atoms with Crippen LogP contribution in [0.15, 0.2) is 45.3 Å². The van der Waals surface area contributed by atoms with Gasteiger partial charge in [0.05, 0.1) is 21.8 Å². The van der Waals surface area contributed by atoms with Gasteiger partial charge in [0.25, 0.3) is 0 Å². The molecule has 0 saturated carbocycles. The first-order valence-electron chi connectivity index (χ1n) is 5.02. The minimum Gasteiger partial charge on any atom is -0.355 e. The molecule has 2 nitrogen and oxygen atoms in total. The van der Waals surface area contributed by atoms with Crippen LogP contribution in [-0.4, -0.2) is 0 Å². The van der Waals surface area contributed by atoms with Crippen LogP contribution in [0.3, 0.4) is 0 Å². The summed E-state index contributed by atoms with van der Waals surface area (Å²) in [6.07, 6.45) is 0. The molecule has 0 fully saturated rings. The van der Waals surface area contributed by atoms with E-state index in [1.165, 1.54) is 6.07 Å². The predicted octanol–water partition coefficient (Wildman–Crippen LogP) is 4.97. The van der Waals surface area contributed by atoms with Gasteiger partial charge in [-0.2, -0.15) is 5.26 Å². The molecule has 0 heterocycles. The Morgan fingerprint density at radius 1 is 1.06 bits per heavy atom. The van der Waals surface area contributed by atoms with Gasteiger partial charge in [0.2, 0.25) is 0 Å². The summed E-state index contributed by atoms with van der Waals surface area (Å²) in [5.41, 5.74) is 1.98. The van der Waals surface area contributed by atoms with Gasteiger partial charge in [-0.1, -0.05) is 0 Å². The Morgan fingerprint density at radius 3 is 2.44 bits per heavy atom. The number of nitrogens with zero attached hydrogens (tertiary/aromatic N) is 1. The second-order valence-electron chi connectivity index (χ2n) is 3.56. The lowest BCUT2D eigenvalue weighted by atomic mass is 10.2. The number of rotatable bonds is 2. The monoisotopic (exact) mass is 368 g/mol. The van der Waals surface area contributed by atoms with E-state index in [2.05, 4.69) is 43.2 Å². The first-order chi connectivity index (χ1) is 8.60. The van der Waals surface area contributed by atoms with Gasteiger partial charge in [0.15, 0.2) is 0 Å². The fourth-order valence-corrected chi connectivity index (χ4v) is 2.14. The summed E-state index contributed by atoms with van der Waals surface area (Å²) < 4.78 is 14.5. The second kappa shape index (κ2) is 5.51. The van der Waals surface area contributed by atoms with Crippen LogP contribution < -0.4 is 5.32 Å². The quantitative estimate of drug-likeness (QED) is 0.811. The summed E-state index contributed by atoms with van der Waals surface area (Å²) in [7, 11) is 0. The Hall–Kier alpha value is -1.38. The van der Waals surface area contributed by atoms with E-state index >= 15 is 0 Å². The largest absolute Gasteiger partial charge is 0.355 e. The van der Waals surface area contributed by atoms with E-state index in [9.17, 15) is 4.39 Å². The van der Waals surface area contributed by atoms with Gasteiger partial charge in [0, 0.05) is 10.2 Å². The fraction of sp³-hybridized carbons (Fsp3) is 0. The molecule has 0 amide bonds. The smallest absolute Gasteiger partial charge is 0.139 e. The number of hydrogen-bond acceptors (Lipinski definition) is 2. The maximum atomic E-state index is 13.4. The minimum absolute atomic E-state index is 0.329. The van der Waals surface area contributed by atoms with Crippen LogP contribution in [0.25, 0.3) is 0 Å². The number of benzene rings is 2. The van der Waals surface area contributed by atoms with Gasteiger partial charge in [-0.25, -0.2) is 4.39 Å². The highest BCUT2D eigenvalue weighted by Crippen LogP contribution is 2.28. The zero-order valence-corrected chi connectivity index (χ0v) is 12.2. The Morgan fingerprint density at radius 2 is 1.83 bits per heavy atom. The van der Waals surface area contributed by atoms with Crippen LogP contribution in [0, 0.1) is 17.1 Å². The Bertz CT molecular complexity index is 635. The van der Waals surface area contributed by atoms with E-state index < -0.39 is 0 Å². The highest BCUT2D eigenvalue weighted by atomic mass is 79.9. The van der Waals surface area contributed by atoms with E-state index in [0.717, 1.165) is 10.2 Å². The van der Waals surface area contributed by atoms with Crippen LogP contribution in [0.2, 0.25) is 0 Å². The summed E-state index contributed by atoms with van der Waals surface area (Å²) >= 11 is 6.46. The van der Waals surface area contributed by atoms with Gasteiger partial charge < -0.3 is 5.32 Å². The maximum absolute atomic E-state index is 13.4. The molecule has 0 saturated heterocycles. The average molecular weight is 370 g/mol. The molecule has 1 N–H and O–H groups in total. The van der Waals surface area contributed by atoms with Crippen LogP contribution in [0.4, 0.5) is 15.8 Å². The van der Waals surface area contributed by atoms with Crippen molar-refractivity contribution in [2.45, 2.75) is 0 Å². The van der Waals surface area contributed by atoms with E-state index in [4.69, 9.17) is 5.26 Å². The molecule has 0 aliphatic carbocycles. The van der Waals surface area contributed by atoms with Crippen LogP contribution >= 0.6 is 31.9 Å². The predicted molar refractivity (Wildman–Crippen MR) is 76.2 cm³/mol. The lowest BCUT2D eigenvalue weighted by Gasteiger charge is -2.09. The summed E-state index contributed by atoms with van der Waals surface area (Å²) in [4.78, 5) is 0. The van der Waals surface area contributed by atoms with Crippen molar-refractivity contribution >= 4 is 43.2 Å². The van der Waals surface area contributed by atoms with Gasteiger partial charge in [-0.3, -0.25) is 0 Å². The topological polar surface area (TPSA) is 35.8 Å². The molecule has 0 unspecified atom stereocenters. The highest BCUT2D eigenvalue weighted by molar-refractivity contribution is 9.10. The molecule has 90 valence electrons. The molecule has 2 aromatic rings. The Labute approximate surface area is 121 Å². The van der Waals surface area contributed by atoms with Gasteiger partial charge in [-0.15, -0.1) is 0 Å². The minimum atomic E-state index is -0.329. The van der Waals surface area contributed by atoms with Crippen molar-refractivity contribution in [3.8, 4) is 6.07 Å². The molecule has 0 atom stereocenters. The molecule has 2 aromatic carbocycles. The summed E-state index contributed by atoms with van der Waals surface area (Å²) in [6, 6.07) is 12.0. The van der Waals surface area contributed by atoms with Crippen molar-refractivity contribution in [1.82, 2.24) is 0 Å². The standard InChI is InChI=1S/C13H7Br2FN2/c14-10-3-2-9(6-12(10)16)18-13-4-1-8(7-17)5-11(13)15/h1-6,18H. The van der Waals surface area contributed by atoms with Crippen LogP contribution in [0.1, 0.15) is 5.56 Å². The van der Waals surface area contributed by atoms with Crippen LogP contribution in [-0.2, 0) is 0 Å². The summed E-state index contributed by atoms with van der Waals surface area (Å²) in [5, 5.41) is 11.8. The van der Waals surface area contributed by atoms with Crippen molar-refractivity contribution in [2.75, 3.05) is 5.32 Å². The van der Waals surface area contributed by atoms with Gasteiger partial charge in [-0.05, 0) is 68.3 Å². The molecule has 0 bridgehead atoms. The third kappa shape index (κ3) is 2.89. The van der Waals surface area contributed by atoms with E-state index in [1.807, 2.05) is 0 Å². The van der Waals surface area contributed by atoms with E-state index in [1.54, 1.807) is 30.3 Å². The van der Waals surface area contributed by atoms with Crippen molar-refractivity contribution < 1.29 is 4.39 Å². The second-order valence-corrected chi connectivity index (χ2v) is 5.27. The number of nitrogens with one attached hydrogen (secondary N) is 1. The van der Waals surface area contributed by atoms with Crippen molar-refractivity contribution in [3.63, 3.8) is 0 Å². The number of nitriles is 1. The first-order valence-corrected chi connectivity index (χ1v) is 6.60. The zero-order valence-electron chi connectivity index (χ0n) is 9.05. The average Bonchev–Trinajstić information content (AvgIpc) is 2.36. The lowest BCUT2D eigenvalue weighted by molar-refractivity contribution is 0.622. The number of halogens is 3. The Kier molecular flexibility index (Phi) is 4.00. The third-order valence-electron chi connectivity index (χ3n) is 2.30. The fourth-order valence-electron chi connectivity index (χ4n) is 1.42. The first kappa shape index (κ1) is 13.1. The SMILES string of the molecule is N#Cc1ccc(Nc2ccc(Br)c(F)c2)c(Br)c1. The van der Waals surface area contributed by atoms with E-state index in [-0.39, 0.29) is 5.82 Å². The number of hydrogen-bond donors (Lipinski definition) is 1. The van der Waals surface area contributed by atoms with Crippen LogP contribution in [0.5, 0.6) is 0 Å². The molecule has 5 heteroatoms. The normalized spacial score (nSPS) is 9.89. The summed E-state index contributed by atoms with van der Waals surface area (Å²) in [6.45, 7) is 0. The molecule has 2 rings (SSSR count). The Balaban J connectivity index is 2.29. The van der Waals surface area contributed by atoms with Gasteiger partial charge >= 0.3 is 0 Å². The number of anilines is 2. The van der Waals surface area contributed by atoms with Gasteiger partial charge in [0.1, 0.15) is 5.82 Å². The molecular weight excluding hydrogens is 363 g/mol. The molecule has 0 radical (unpaired) electrons. The maximum Gasteiger partial charge on any atom is 0.139 e. The lowest BCUT2D eigenvalue weighted by Crippen LogP contribution is -1.93. The highest BCUT2D eigenvalue weighted by Gasteiger charge is 2.04. The molecule has 0 aliphatic rings. The molecule has 0 spiro atoms. The van der Waals surface area contributed by atoms with Crippen molar-refractivity contribution in [1.29, 1.82) is 5.26 Å². The van der Waals surface area contributed by atoms with Crippen molar-refractivity contribution in [2.24, 2.45) is 0 Å². The van der Waals surface area contributed by atoms with E-state index in [0.29, 0.717) is 15.7 Å². The van der Waals surface area contributed by atoms with Crippen molar-refractivity contribution in [3.05, 3.63) is 56.7 Å².